The highest BCUT2D eigenvalue weighted by Gasteiger charge is 2.23. The van der Waals surface area contributed by atoms with Crippen molar-refractivity contribution in [2.75, 3.05) is 0 Å². The van der Waals surface area contributed by atoms with Gasteiger partial charge in [0, 0.05) is 18.2 Å². The highest BCUT2D eigenvalue weighted by Crippen LogP contribution is 2.29. The van der Waals surface area contributed by atoms with Crippen molar-refractivity contribution in [2.45, 2.75) is 45.7 Å². The first-order valence-electron chi connectivity index (χ1n) is 7.40. The number of oxime groups is 1. The Kier molecular flexibility index (Phi) is 5.01. The molecular weight excluding hydrogens is 250 g/mol. The SMILES string of the molecule is CC1CCC(NCc2cccc(C(N)=NO)c2)CC1C. The highest BCUT2D eigenvalue weighted by molar-refractivity contribution is 5.97. The van der Waals surface area contributed by atoms with Crippen LogP contribution in [0.3, 0.4) is 0 Å². The lowest BCUT2D eigenvalue weighted by molar-refractivity contribution is 0.225. The molecule has 0 aromatic heterocycles. The van der Waals surface area contributed by atoms with Gasteiger partial charge in [0.25, 0.3) is 0 Å². The topological polar surface area (TPSA) is 70.6 Å². The quantitative estimate of drug-likeness (QED) is 0.342. The maximum atomic E-state index is 8.71. The predicted octanol–water partition coefficient (Wildman–Crippen LogP) is 2.70. The molecule has 20 heavy (non-hydrogen) atoms. The number of amidine groups is 1. The summed E-state index contributed by atoms with van der Waals surface area (Å²) in [6.07, 6.45) is 3.82. The molecule has 3 atom stereocenters. The van der Waals surface area contributed by atoms with Crippen LogP contribution in [0.5, 0.6) is 0 Å². The van der Waals surface area contributed by atoms with Gasteiger partial charge in [-0.1, -0.05) is 37.2 Å². The molecule has 3 unspecified atom stereocenters. The molecule has 0 heterocycles. The molecule has 0 aliphatic heterocycles. The summed E-state index contributed by atoms with van der Waals surface area (Å²) in [5.41, 5.74) is 7.54. The maximum absolute atomic E-state index is 8.71. The monoisotopic (exact) mass is 275 g/mol. The fourth-order valence-electron chi connectivity index (χ4n) is 2.89. The van der Waals surface area contributed by atoms with Crippen molar-refractivity contribution >= 4 is 5.84 Å². The van der Waals surface area contributed by atoms with Crippen molar-refractivity contribution in [3.05, 3.63) is 35.4 Å². The second-order valence-corrected chi connectivity index (χ2v) is 6.03. The minimum absolute atomic E-state index is 0.159. The van der Waals surface area contributed by atoms with Crippen LogP contribution in [0.15, 0.2) is 29.4 Å². The summed E-state index contributed by atoms with van der Waals surface area (Å²) in [4.78, 5) is 0. The molecule has 1 aliphatic carbocycles. The molecule has 1 saturated carbocycles. The van der Waals surface area contributed by atoms with Gasteiger partial charge in [0.05, 0.1) is 0 Å². The Balaban J connectivity index is 1.91. The predicted molar refractivity (Wildman–Crippen MR) is 81.8 cm³/mol. The zero-order chi connectivity index (χ0) is 14.5. The summed E-state index contributed by atoms with van der Waals surface area (Å²) in [6.45, 7) is 5.53. The number of hydrogen-bond donors (Lipinski definition) is 3. The van der Waals surface area contributed by atoms with E-state index in [1.54, 1.807) is 0 Å². The van der Waals surface area contributed by atoms with E-state index >= 15 is 0 Å². The molecule has 1 fully saturated rings. The molecule has 1 aromatic carbocycles. The summed E-state index contributed by atoms with van der Waals surface area (Å²) in [7, 11) is 0. The number of nitrogens with two attached hydrogens (primary N) is 1. The lowest BCUT2D eigenvalue weighted by Gasteiger charge is -2.32. The highest BCUT2D eigenvalue weighted by atomic mass is 16.4. The number of nitrogens with zero attached hydrogens (tertiary/aromatic N) is 1. The number of hydrogen-bond acceptors (Lipinski definition) is 3. The van der Waals surface area contributed by atoms with Crippen molar-refractivity contribution in [3.8, 4) is 0 Å². The largest absolute Gasteiger partial charge is 0.409 e. The van der Waals surface area contributed by atoms with E-state index in [-0.39, 0.29) is 5.84 Å². The lowest BCUT2D eigenvalue weighted by Crippen LogP contribution is -2.35. The van der Waals surface area contributed by atoms with Crippen molar-refractivity contribution in [3.63, 3.8) is 0 Å². The first-order valence-corrected chi connectivity index (χ1v) is 7.40. The van der Waals surface area contributed by atoms with Gasteiger partial charge in [-0.05, 0) is 42.7 Å². The molecule has 4 nitrogen and oxygen atoms in total. The smallest absolute Gasteiger partial charge is 0.170 e. The molecule has 0 radical (unpaired) electrons. The Bertz CT molecular complexity index is 473. The number of nitrogens with one attached hydrogen (secondary N) is 1. The third kappa shape index (κ3) is 3.73. The van der Waals surface area contributed by atoms with Gasteiger partial charge >= 0.3 is 0 Å². The molecule has 1 aromatic rings. The molecule has 2 rings (SSSR count). The minimum atomic E-state index is 0.159. The van der Waals surface area contributed by atoms with Crippen LogP contribution in [-0.4, -0.2) is 17.1 Å². The van der Waals surface area contributed by atoms with Crippen molar-refractivity contribution in [2.24, 2.45) is 22.7 Å². The van der Waals surface area contributed by atoms with Crippen LogP contribution in [0.4, 0.5) is 0 Å². The second-order valence-electron chi connectivity index (χ2n) is 6.03. The Morgan fingerprint density at radius 2 is 2.15 bits per heavy atom. The third-order valence-corrected chi connectivity index (χ3v) is 4.52. The number of rotatable bonds is 4. The van der Waals surface area contributed by atoms with Gasteiger partial charge in [-0.3, -0.25) is 0 Å². The molecule has 0 saturated heterocycles. The van der Waals surface area contributed by atoms with Crippen molar-refractivity contribution < 1.29 is 5.21 Å². The van der Waals surface area contributed by atoms with Crippen molar-refractivity contribution in [1.82, 2.24) is 5.32 Å². The molecule has 1 aliphatic rings. The zero-order valence-corrected chi connectivity index (χ0v) is 12.3. The minimum Gasteiger partial charge on any atom is -0.409 e. The van der Waals surface area contributed by atoms with Crippen LogP contribution < -0.4 is 11.1 Å². The van der Waals surface area contributed by atoms with E-state index in [2.05, 4.69) is 30.4 Å². The van der Waals surface area contributed by atoms with Gasteiger partial charge in [-0.25, -0.2) is 0 Å². The van der Waals surface area contributed by atoms with E-state index in [0.29, 0.717) is 6.04 Å². The average molecular weight is 275 g/mol. The van der Waals surface area contributed by atoms with E-state index in [1.807, 2.05) is 18.2 Å². The fourth-order valence-corrected chi connectivity index (χ4v) is 2.89. The van der Waals surface area contributed by atoms with E-state index in [9.17, 15) is 0 Å². The van der Waals surface area contributed by atoms with E-state index in [4.69, 9.17) is 10.9 Å². The molecular formula is C16H25N3O. The first kappa shape index (κ1) is 14.9. The van der Waals surface area contributed by atoms with Crippen LogP contribution in [0, 0.1) is 11.8 Å². The molecule has 4 heteroatoms. The second kappa shape index (κ2) is 6.75. The van der Waals surface area contributed by atoms with Crippen LogP contribution in [0.2, 0.25) is 0 Å². The van der Waals surface area contributed by atoms with Gasteiger partial charge in [-0.15, -0.1) is 0 Å². The summed E-state index contributed by atoms with van der Waals surface area (Å²) < 4.78 is 0. The zero-order valence-electron chi connectivity index (χ0n) is 12.3. The third-order valence-electron chi connectivity index (χ3n) is 4.52. The van der Waals surface area contributed by atoms with Crippen LogP contribution in [0.25, 0.3) is 0 Å². The average Bonchev–Trinajstić information content (AvgIpc) is 2.48. The van der Waals surface area contributed by atoms with Gasteiger partial charge in [0.15, 0.2) is 5.84 Å². The lowest BCUT2D eigenvalue weighted by atomic mass is 9.79. The summed E-state index contributed by atoms with van der Waals surface area (Å²) >= 11 is 0. The Labute approximate surface area is 121 Å². The standard InChI is InChI=1S/C16H25N3O/c1-11-6-7-15(8-12(11)2)18-10-13-4-3-5-14(9-13)16(17)19-20/h3-5,9,11-12,15,18,20H,6-8,10H2,1-2H3,(H2,17,19). The summed E-state index contributed by atoms with van der Waals surface area (Å²) in [5.74, 6) is 1.80. The van der Waals surface area contributed by atoms with E-state index in [0.717, 1.165) is 23.9 Å². The van der Waals surface area contributed by atoms with E-state index < -0.39 is 0 Å². The molecule has 0 spiro atoms. The van der Waals surface area contributed by atoms with Crippen LogP contribution in [0.1, 0.15) is 44.2 Å². The molecule has 0 bridgehead atoms. The fraction of sp³-hybridized carbons (Fsp3) is 0.562. The van der Waals surface area contributed by atoms with E-state index in [1.165, 1.54) is 24.8 Å². The number of benzene rings is 1. The molecule has 110 valence electrons. The first-order chi connectivity index (χ1) is 9.60. The normalized spacial score (nSPS) is 27.5. The van der Waals surface area contributed by atoms with Crippen molar-refractivity contribution in [1.29, 1.82) is 0 Å². The molecule has 4 N–H and O–H groups in total. The summed E-state index contributed by atoms with van der Waals surface area (Å²) in [5, 5.41) is 15.4. The Hall–Kier alpha value is -1.55. The van der Waals surface area contributed by atoms with Gasteiger partial charge < -0.3 is 16.3 Å². The molecule has 0 amide bonds. The van der Waals surface area contributed by atoms with Crippen LogP contribution in [-0.2, 0) is 6.54 Å². The summed E-state index contributed by atoms with van der Waals surface area (Å²) in [6, 6.07) is 8.43. The van der Waals surface area contributed by atoms with Crippen LogP contribution >= 0.6 is 0 Å². The van der Waals surface area contributed by atoms with Gasteiger partial charge in [-0.2, -0.15) is 0 Å². The maximum Gasteiger partial charge on any atom is 0.170 e. The van der Waals surface area contributed by atoms with Gasteiger partial charge in [0.1, 0.15) is 0 Å². The Morgan fingerprint density at radius 1 is 1.35 bits per heavy atom. The van der Waals surface area contributed by atoms with Gasteiger partial charge in [0.2, 0.25) is 0 Å². The Morgan fingerprint density at radius 3 is 2.85 bits per heavy atom.